The van der Waals surface area contributed by atoms with Crippen molar-refractivity contribution in [1.29, 1.82) is 0 Å². The molecule has 2 heteroatoms. The quantitative estimate of drug-likeness (QED) is 0.822. The number of benzene rings is 1. The summed E-state index contributed by atoms with van der Waals surface area (Å²) >= 11 is 0. The van der Waals surface area contributed by atoms with E-state index in [0.29, 0.717) is 0 Å². The van der Waals surface area contributed by atoms with E-state index in [1.54, 1.807) is 0 Å². The molecule has 1 heterocycles. The molecule has 110 valence electrons. The van der Waals surface area contributed by atoms with Crippen LogP contribution in [0.3, 0.4) is 0 Å². The van der Waals surface area contributed by atoms with Crippen LogP contribution in [0, 0.1) is 5.92 Å². The molecule has 0 radical (unpaired) electrons. The number of rotatable bonds is 5. The lowest BCUT2D eigenvalue weighted by molar-refractivity contribution is 0.477. The molecule has 0 saturated heterocycles. The van der Waals surface area contributed by atoms with Gasteiger partial charge in [-0.3, -0.25) is 0 Å². The van der Waals surface area contributed by atoms with Crippen LogP contribution in [-0.2, 0) is 13.0 Å². The van der Waals surface area contributed by atoms with Gasteiger partial charge < -0.3 is 10.2 Å². The van der Waals surface area contributed by atoms with E-state index in [2.05, 4.69) is 35.5 Å². The van der Waals surface area contributed by atoms with Crippen molar-refractivity contribution in [2.75, 3.05) is 25.0 Å². The highest BCUT2D eigenvalue weighted by molar-refractivity contribution is 5.56. The Morgan fingerprint density at radius 1 is 1.20 bits per heavy atom. The molecule has 2 nitrogen and oxygen atoms in total. The van der Waals surface area contributed by atoms with Crippen LogP contribution in [0.5, 0.6) is 0 Å². The number of fused-ring (bicyclic) bond motifs is 1. The summed E-state index contributed by atoms with van der Waals surface area (Å²) in [6.45, 7) is 3.41. The van der Waals surface area contributed by atoms with Gasteiger partial charge in [-0.2, -0.15) is 0 Å². The molecule has 0 unspecified atom stereocenters. The van der Waals surface area contributed by atoms with E-state index in [1.807, 2.05) is 0 Å². The van der Waals surface area contributed by atoms with Gasteiger partial charge in [0.1, 0.15) is 0 Å². The van der Waals surface area contributed by atoms with E-state index >= 15 is 0 Å². The Labute approximate surface area is 123 Å². The Bertz CT molecular complexity index is 435. The first kappa shape index (κ1) is 13.9. The smallest absolute Gasteiger partial charge is 0.0396 e. The predicted molar refractivity (Wildman–Crippen MR) is 86.3 cm³/mol. The summed E-state index contributed by atoms with van der Waals surface area (Å²) in [5, 5.41) is 3.63. The first-order chi connectivity index (χ1) is 9.83. The molecule has 1 aromatic rings. The normalized spacial score (nSPS) is 19.4. The summed E-state index contributed by atoms with van der Waals surface area (Å²) in [5.74, 6) is 1.000. The fourth-order valence-electron chi connectivity index (χ4n) is 3.79. The van der Waals surface area contributed by atoms with Gasteiger partial charge in [0.15, 0.2) is 0 Å². The van der Waals surface area contributed by atoms with Crippen molar-refractivity contribution in [2.45, 2.75) is 51.5 Å². The summed E-state index contributed by atoms with van der Waals surface area (Å²) < 4.78 is 0. The van der Waals surface area contributed by atoms with Gasteiger partial charge in [-0.1, -0.05) is 37.8 Å². The molecule has 1 N–H and O–H groups in total. The largest absolute Gasteiger partial charge is 0.374 e. The molecular formula is C18H28N2. The second-order valence-electron chi connectivity index (χ2n) is 6.60. The van der Waals surface area contributed by atoms with Gasteiger partial charge in [0, 0.05) is 25.8 Å². The maximum atomic E-state index is 3.63. The Balaban J connectivity index is 1.48. The van der Waals surface area contributed by atoms with Crippen molar-refractivity contribution in [2.24, 2.45) is 5.92 Å². The van der Waals surface area contributed by atoms with Crippen LogP contribution in [-0.4, -0.2) is 20.1 Å². The molecule has 0 aromatic heterocycles. The predicted octanol–water partition coefficient (Wildman–Crippen LogP) is 3.74. The lowest BCUT2D eigenvalue weighted by Crippen LogP contribution is -2.25. The van der Waals surface area contributed by atoms with Gasteiger partial charge in [0.05, 0.1) is 0 Å². The molecule has 1 aromatic carbocycles. The van der Waals surface area contributed by atoms with E-state index in [4.69, 9.17) is 0 Å². The maximum Gasteiger partial charge on any atom is 0.0396 e. The van der Waals surface area contributed by atoms with Gasteiger partial charge in [-0.25, -0.2) is 0 Å². The van der Waals surface area contributed by atoms with E-state index in [9.17, 15) is 0 Å². The first-order valence-corrected chi connectivity index (χ1v) is 8.36. The molecule has 0 spiro atoms. The van der Waals surface area contributed by atoms with Crippen molar-refractivity contribution in [1.82, 2.24) is 5.32 Å². The van der Waals surface area contributed by atoms with E-state index < -0.39 is 0 Å². The molecule has 20 heavy (non-hydrogen) atoms. The van der Waals surface area contributed by atoms with E-state index in [1.165, 1.54) is 74.8 Å². The number of anilines is 1. The molecular weight excluding hydrogens is 244 g/mol. The van der Waals surface area contributed by atoms with Gasteiger partial charge in [-0.15, -0.1) is 0 Å². The van der Waals surface area contributed by atoms with Crippen molar-refractivity contribution in [3.8, 4) is 0 Å². The van der Waals surface area contributed by atoms with Crippen LogP contribution in [0.2, 0.25) is 0 Å². The summed E-state index contributed by atoms with van der Waals surface area (Å²) in [6, 6.07) is 7.01. The monoisotopic (exact) mass is 272 g/mol. The van der Waals surface area contributed by atoms with Crippen LogP contribution < -0.4 is 10.2 Å². The third kappa shape index (κ3) is 3.35. The molecule has 3 rings (SSSR count). The van der Waals surface area contributed by atoms with Crippen molar-refractivity contribution in [3.05, 3.63) is 29.3 Å². The summed E-state index contributed by atoms with van der Waals surface area (Å²) in [6.07, 6.45) is 9.76. The maximum absolute atomic E-state index is 3.63. The van der Waals surface area contributed by atoms with Gasteiger partial charge >= 0.3 is 0 Å². The second kappa shape index (κ2) is 6.62. The lowest BCUT2D eigenvalue weighted by Gasteiger charge is -2.27. The molecule has 1 aliphatic heterocycles. The minimum absolute atomic E-state index is 1.000. The molecule has 0 amide bonds. The Morgan fingerprint density at radius 3 is 2.90 bits per heavy atom. The number of nitrogens with zero attached hydrogens (tertiary/aromatic N) is 1. The van der Waals surface area contributed by atoms with Crippen LogP contribution >= 0.6 is 0 Å². The third-order valence-corrected chi connectivity index (χ3v) is 5.03. The summed E-state index contributed by atoms with van der Waals surface area (Å²) in [5.41, 5.74) is 4.42. The molecule has 1 saturated carbocycles. The minimum atomic E-state index is 1.000. The Hall–Kier alpha value is -1.02. The summed E-state index contributed by atoms with van der Waals surface area (Å²) in [7, 11) is 2.21. The standard InChI is InChI=1S/C18H28N2/c1-20-12-4-7-17-13-16(8-9-18(17)20)14-19-11-10-15-5-2-3-6-15/h8-9,13,15,19H,2-7,10-12,14H2,1H3. The van der Waals surface area contributed by atoms with Gasteiger partial charge in [0.2, 0.25) is 0 Å². The number of nitrogens with one attached hydrogen (secondary N) is 1. The number of aryl methyl sites for hydroxylation is 1. The van der Waals surface area contributed by atoms with Crippen LogP contribution in [0.1, 0.15) is 49.7 Å². The van der Waals surface area contributed by atoms with Crippen LogP contribution in [0.4, 0.5) is 5.69 Å². The van der Waals surface area contributed by atoms with Crippen molar-refractivity contribution in [3.63, 3.8) is 0 Å². The molecule has 1 fully saturated rings. The van der Waals surface area contributed by atoms with Crippen molar-refractivity contribution < 1.29 is 0 Å². The third-order valence-electron chi connectivity index (χ3n) is 5.03. The van der Waals surface area contributed by atoms with Gasteiger partial charge in [0.25, 0.3) is 0 Å². The molecule has 0 bridgehead atoms. The topological polar surface area (TPSA) is 15.3 Å². The van der Waals surface area contributed by atoms with Crippen LogP contribution in [0.15, 0.2) is 18.2 Å². The summed E-state index contributed by atoms with van der Waals surface area (Å²) in [4.78, 5) is 2.39. The minimum Gasteiger partial charge on any atom is -0.374 e. The molecule has 2 aliphatic rings. The SMILES string of the molecule is CN1CCCc2cc(CNCCC3CCCC3)ccc21. The Morgan fingerprint density at radius 2 is 2.05 bits per heavy atom. The second-order valence-corrected chi connectivity index (χ2v) is 6.60. The fourth-order valence-corrected chi connectivity index (χ4v) is 3.79. The van der Waals surface area contributed by atoms with Crippen LogP contribution in [0.25, 0.3) is 0 Å². The van der Waals surface area contributed by atoms with Crippen molar-refractivity contribution >= 4 is 5.69 Å². The number of hydrogen-bond acceptors (Lipinski definition) is 2. The van der Waals surface area contributed by atoms with Gasteiger partial charge in [-0.05, 0) is 48.9 Å². The molecule has 1 aliphatic carbocycles. The average Bonchev–Trinajstić information content (AvgIpc) is 2.97. The van der Waals surface area contributed by atoms with E-state index in [0.717, 1.165) is 12.5 Å². The highest BCUT2D eigenvalue weighted by Crippen LogP contribution is 2.28. The number of hydrogen-bond donors (Lipinski definition) is 1. The zero-order chi connectivity index (χ0) is 13.8. The average molecular weight is 272 g/mol. The fraction of sp³-hybridized carbons (Fsp3) is 0.667. The molecule has 0 atom stereocenters. The zero-order valence-corrected chi connectivity index (χ0v) is 12.8. The lowest BCUT2D eigenvalue weighted by atomic mass is 9.99. The highest BCUT2D eigenvalue weighted by atomic mass is 15.1. The zero-order valence-electron chi connectivity index (χ0n) is 12.8. The van der Waals surface area contributed by atoms with E-state index in [-0.39, 0.29) is 0 Å². The Kier molecular flexibility index (Phi) is 4.62. The highest BCUT2D eigenvalue weighted by Gasteiger charge is 2.15. The first-order valence-electron chi connectivity index (χ1n) is 8.36.